The number of amides is 1. The Kier molecular flexibility index (Phi) is 4.20. The van der Waals surface area contributed by atoms with Crippen molar-refractivity contribution in [3.63, 3.8) is 0 Å². The summed E-state index contributed by atoms with van der Waals surface area (Å²) in [6.45, 7) is 2.07. The molecule has 0 fully saturated rings. The second-order valence-electron chi connectivity index (χ2n) is 4.94. The Morgan fingerprint density at radius 1 is 1.40 bits per heavy atom. The number of nitrogens with one attached hydrogen (secondary N) is 1. The van der Waals surface area contributed by atoms with Crippen LogP contribution in [0.25, 0.3) is 10.9 Å². The lowest BCUT2D eigenvalue weighted by Gasteiger charge is -2.17. The van der Waals surface area contributed by atoms with Crippen LogP contribution in [-0.2, 0) is 0 Å². The molecule has 1 aromatic carbocycles. The molecule has 0 saturated carbocycles. The molecular weight excluding hydrogens is 256 g/mol. The molecule has 0 aliphatic heterocycles. The molecule has 0 bridgehead atoms. The first-order chi connectivity index (χ1) is 9.50. The van der Waals surface area contributed by atoms with E-state index in [1.807, 2.05) is 6.07 Å². The SMILES string of the molecule is CC(O)CCN(C)C(=O)c1c[nH]c2ccccc2c1=O. The van der Waals surface area contributed by atoms with Gasteiger partial charge in [0.2, 0.25) is 5.43 Å². The van der Waals surface area contributed by atoms with Crippen LogP contribution in [0.5, 0.6) is 0 Å². The zero-order chi connectivity index (χ0) is 14.7. The van der Waals surface area contributed by atoms with Gasteiger partial charge in [-0.3, -0.25) is 9.59 Å². The minimum Gasteiger partial charge on any atom is -0.393 e. The molecule has 0 spiro atoms. The van der Waals surface area contributed by atoms with E-state index in [4.69, 9.17) is 0 Å². The number of hydrogen-bond donors (Lipinski definition) is 2. The number of rotatable bonds is 4. The fourth-order valence-corrected chi connectivity index (χ4v) is 2.01. The summed E-state index contributed by atoms with van der Waals surface area (Å²) in [7, 11) is 1.62. The highest BCUT2D eigenvalue weighted by atomic mass is 16.3. The van der Waals surface area contributed by atoms with Crippen molar-refractivity contribution in [2.45, 2.75) is 19.4 Å². The summed E-state index contributed by atoms with van der Waals surface area (Å²) in [5, 5.41) is 9.75. The van der Waals surface area contributed by atoms with E-state index in [0.29, 0.717) is 23.9 Å². The highest BCUT2D eigenvalue weighted by Crippen LogP contribution is 2.08. The maximum Gasteiger partial charge on any atom is 0.259 e. The number of aromatic amines is 1. The normalized spacial score (nSPS) is 12.3. The molecule has 106 valence electrons. The highest BCUT2D eigenvalue weighted by Gasteiger charge is 2.17. The van der Waals surface area contributed by atoms with Crippen molar-refractivity contribution in [2.75, 3.05) is 13.6 Å². The molecule has 2 rings (SSSR count). The van der Waals surface area contributed by atoms with Gasteiger partial charge in [-0.1, -0.05) is 12.1 Å². The van der Waals surface area contributed by atoms with Crippen LogP contribution in [0.15, 0.2) is 35.3 Å². The lowest BCUT2D eigenvalue weighted by Crippen LogP contribution is -2.33. The number of benzene rings is 1. The van der Waals surface area contributed by atoms with Gasteiger partial charge in [0, 0.05) is 30.7 Å². The topological polar surface area (TPSA) is 73.4 Å². The van der Waals surface area contributed by atoms with Gasteiger partial charge < -0.3 is 15.0 Å². The zero-order valence-corrected chi connectivity index (χ0v) is 11.6. The van der Waals surface area contributed by atoms with Gasteiger partial charge in [-0.05, 0) is 25.5 Å². The van der Waals surface area contributed by atoms with E-state index in [9.17, 15) is 14.7 Å². The summed E-state index contributed by atoms with van der Waals surface area (Å²) in [6, 6.07) is 7.08. The van der Waals surface area contributed by atoms with E-state index in [-0.39, 0.29) is 16.9 Å². The Labute approximate surface area is 116 Å². The molecule has 2 aromatic rings. The summed E-state index contributed by atoms with van der Waals surface area (Å²) in [5.74, 6) is -0.336. The number of hydrogen-bond acceptors (Lipinski definition) is 3. The molecule has 2 N–H and O–H groups in total. The summed E-state index contributed by atoms with van der Waals surface area (Å²) in [4.78, 5) is 29.0. The van der Waals surface area contributed by atoms with E-state index in [0.717, 1.165) is 0 Å². The molecular formula is C15H18N2O3. The highest BCUT2D eigenvalue weighted by molar-refractivity contribution is 5.96. The lowest BCUT2D eigenvalue weighted by atomic mass is 10.1. The third-order valence-electron chi connectivity index (χ3n) is 3.25. The van der Waals surface area contributed by atoms with Crippen molar-refractivity contribution >= 4 is 16.8 Å². The van der Waals surface area contributed by atoms with Crippen LogP contribution in [0.1, 0.15) is 23.7 Å². The Hall–Kier alpha value is -2.14. The van der Waals surface area contributed by atoms with E-state index in [2.05, 4.69) is 4.98 Å². The zero-order valence-electron chi connectivity index (χ0n) is 11.6. The fourth-order valence-electron chi connectivity index (χ4n) is 2.01. The Morgan fingerprint density at radius 3 is 2.80 bits per heavy atom. The Balaban J connectivity index is 2.31. The van der Waals surface area contributed by atoms with Crippen molar-refractivity contribution in [3.8, 4) is 0 Å². The summed E-state index contributed by atoms with van der Waals surface area (Å²) in [5.41, 5.74) is 0.561. The largest absolute Gasteiger partial charge is 0.393 e. The molecule has 1 aromatic heterocycles. The minimum absolute atomic E-state index is 0.122. The second kappa shape index (κ2) is 5.88. The number of H-pyrrole nitrogens is 1. The first-order valence-electron chi connectivity index (χ1n) is 6.54. The van der Waals surface area contributed by atoms with Crippen molar-refractivity contribution in [3.05, 3.63) is 46.2 Å². The number of pyridine rings is 1. The van der Waals surface area contributed by atoms with Gasteiger partial charge in [0.25, 0.3) is 5.91 Å². The van der Waals surface area contributed by atoms with E-state index in [1.165, 1.54) is 11.1 Å². The third kappa shape index (κ3) is 2.88. The van der Waals surface area contributed by atoms with Gasteiger partial charge in [-0.25, -0.2) is 0 Å². The van der Waals surface area contributed by atoms with Gasteiger partial charge in [0.1, 0.15) is 5.56 Å². The van der Waals surface area contributed by atoms with E-state index < -0.39 is 6.10 Å². The Bertz CT molecular complexity index is 676. The number of fused-ring (bicyclic) bond motifs is 1. The molecule has 1 atom stereocenters. The van der Waals surface area contributed by atoms with Crippen molar-refractivity contribution in [1.29, 1.82) is 0 Å². The predicted molar refractivity (Wildman–Crippen MR) is 77.8 cm³/mol. The third-order valence-corrected chi connectivity index (χ3v) is 3.25. The molecule has 1 unspecified atom stereocenters. The number of para-hydroxylation sites is 1. The molecule has 1 amide bonds. The quantitative estimate of drug-likeness (QED) is 0.884. The average molecular weight is 274 g/mol. The number of aliphatic hydroxyl groups is 1. The van der Waals surface area contributed by atoms with Gasteiger partial charge in [-0.2, -0.15) is 0 Å². The number of nitrogens with zero attached hydrogens (tertiary/aromatic N) is 1. The monoisotopic (exact) mass is 274 g/mol. The lowest BCUT2D eigenvalue weighted by molar-refractivity contribution is 0.0767. The van der Waals surface area contributed by atoms with Crippen LogP contribution in [0, 0.1) is 0 Å². The van der Waals surface area contributed by atoms with Crippen LogP contribution >= 0.6 is 0 Å². The summed E-state index contributed by atoms with van der Waals surface area (Å²) < 4.78 is 0. The standard InChI is InChI=1S/C15H18N2O3/c1-10(18)7-8-17(2)15(20)12-9-16-13-6-4-3-5-11(13)14(12)19/h3-6,9-10,18H,7-8H2,1-2H3,(H,16,19). The predicted octanol–water partition coefficient (Wildman–Crippen LogP) is 1.37. The molecule has 0 saturated heterocycles. The minimum atomic E-state index is -0.472. The maximum absolute atomic E-state index is 12.3. The maximum atomic E-state index is 12.3. The van der Waals surface area contributed by atoms with E-state index in [1.54, 1.807) is 32.2 Å². The smallest absolute Gasteiger partial charge is 0.259 e. The fraction of sp³-hybridized carbons (Fsp3) is 0.333. The molecule has 5 nitrogen and oxygen atoms in total. The molecule has 0 radical (unpaired) electrons. The molecule has 0 aliphatic carbocycles. The number of carbonyl (C=O) groups excluding carboxylic acids is 1. The molecule has 20 heavy (non-hydrogen) atoms. The van der Waals surface area contributed by atoms with Gasteiger partial charge >= 0.3 is 0 Å². The first kappa shape index (κ1) is 14.3. The van der Waals surface area contributed by atoms with Gasteiger partial charge in [0.05, 0.1) is 6.10 Å². The summed E-state index contributed by atoms with van der Waals surface area (Å²) >= 11 is 0. The number of aliphatic hydroxyl groups excluding tert-OH is 1. The van der Waals surface area contributed by atoms with Crippen molar-refractivity contribution in [2.24, 2.45) is 0 Å². The van der Waals surface area contributed by atoms with Crippen LogP contribution in [0.3, 0.4) is 0 Å². The second-order valence-corrected chi connectivity index (χ2v) is 4.94. The van der Waals surface area contributed by atoms with Crippen LogP contribution in [0.4, 0.5) is 0 Å². The van der Waals surface area contributed by atoms with E-state index >= 15 is 0 Å². The van der Waals surface area contributed by atoms with Gasteiger partial charge in [0.15, 0.2) is 0 Å². The van der Waals surface area contributed by atoms with Crippen LogP contribution < -0.4 is 5.43 Å². The van der Waals surface area contributed by atoms with Crippen molar-refractivity contribution in [1.82, 2.24) is 9.88 Å². The van der Waals surface area contributed by atoms with Gasteiger partial charge in [-0.15, -0.1) is 0 Å². The molecule has 5 heteroatoms. The number of carbonyl (C=O) groups is 1. The summed E-state index contributed by atoms with van der Waals surface area (Å²) in [6.07, 6.45) is 1.46. The average Bonchev–Trinajstić information content (AvgIpc) is 2.44. The van der Waals surface area contributed by atoms with Crippen LogP contribution in [0.2, 0.25) is 0 Å². The molecule has 0 aliphatic rings. The Morgan fingerprint density at radius 2 is 2.10 bits per heavy atom. The first-order valence-corrected chi connectivity index (χ1v) is 6.54. The van der Waals surface area contributed by atoms with Crippen LogP contribution in [-0.4, -0.2) is 40.6 Å². The number of aromatic nitrogens is 1. The van der Waals surface area contributed by atoms with Crippen molar-refractivity contribution < 1.29 is 9.90 Å². The molecule has 1 heterocycles.